The lowest BCUT2D eigenvalue weighted by Gasteiger charge is -2.09. The zero-order valence-electron chi connectivity index (χ0n) is 12.3. The summed E-state index contributed by atoms with van der Waals surface area (Å²) in [4.78, 5) is 0. The summed E-state index contributed by atoms with van der Waals surface area (Å²) in [6, 6.07) is 10.2. The van der Waals surface area contributed by atoms with Gasteiger partial charge >= 0.3 is 0 Å². The van der Waals surface area contributed by atoms with E-state index in [4.69, 9.17) is 4.74 Å². The molecule has 0 aliphatic carbocycles. The van der Waals surface area contributed by atoms with Crippen LogP contribution < -0.4 is 10.1 Å². The smallest absolute Gasteiger partial charge is 0.119 e. The van der Waals surface area contributed by atoms with Crippen LogP contribution in [0.1, 0.15) is 24.6 Å². The highest BCUT2D eigenvalue weighted by Crippen LogP contribution is 2.13. The molecule has 0 amide bonds. The van der Waals surface area contributed by atoms with E-state index < -0.39 is 0 Å². The van der Waals surface area contributed by atoms with Crippen molar-refractivity contribution in [2.75, 3.05) is 13.2 Å². The molecule has 20 heavy (non-hydrogen) atoms. The number of nitrogens with zero attached hydrogens (tertiary/aromatic N) is 2. The second-order valence-electron chi connectivity index (χ2n) is 4.89. The fourth-order valence-electron chi connectivity index (χ4n) is 2.00. The third-order valence-corrected chi connectivity index (χ3v) is 3.02. The normalized spacial score (nSPS) is 10.7. The van der Waals surface area contributed by atoms with Gasteiger partial charge in [0, 0.05) is 12.7 Å². The van der Waals surface area contributed by atoms with E-state index in [-0.39, 0.29) is 0 Å². The molecule has 0 radical (unpaired) electrons. The zero-order chi connectivity index (χ0) is 14.2. The first-order chi connectivity index (χ1) is 9.78. The highest BCUT2D eigenvalue weighted by Gasteiger charge is 1.98. The van der Waals surface area contributed by atoms with Crippen molar-refractivity contribution in [1.29, 1.82) is 0 Å². The van der Waals surface area contributed by atoms with Crippen molar-refractivity contribution in [3.05, 3.63) is 47.8 Å². The van der Waals surface area contributed by atoms with Crippen LogP contribution in [0.15, 0.2) is 36.5 Å². The number of ether oxygens (including phenoxy) is 1. The molecule has 4 heteroatoms. The third kappa shape index (κ3) is 4.70. The van der Waals surface area contributed by atoms with E-state index in [0.29, 0.717) is 6.61 Å². The number of nitrogens with one attached hydrogen (secondary N) is 1. The van der Waals surface area contributed by atoms with E-state index in [1.54, 1.807) is 0 Å². The van der Waals surface area contributed by atoms with Gasteiger partial charge in [0.2, 0.25) is 0 Å². The lowest BCUT2D eigenvalue weighted by Crippen LogP contribution is -2.14. The molecule has 0 fully saturated rings. The molecule has 0 aliphatic heterocycles. The van der Waals surface area contributed by atoms with Crippen molar-refractivity contribution in [2.45, 2.75) is 33.4 Å². The van der Waals surface area contributed by atoms with Crippen molar-refractivity contribution < 1.29 is 4.74 Å². The molecule has 0 unspecified atom stereocenters. The highest BCUT2D eigenvalue weighted by atomic mass is 16.5. The van der Waals surface area contributed by atoms with Gasteiger partial charge in [0.05, 0.1) is 12.2 Å². The molecule has 0 atom stereocenters. The maximum atomic E-state index is 5.78. The average molecular weight is 273 g/mol. The van der Waals surface area contributed by atoms with E-state index >= 15 is 0 Å². The van der Waals surface area contributed by atoms with Crippen LogP contribution in [0.2, 0.25) is 0 Å². The predicted octanol–water partition coefficient (Wildman–Crippen LogP) is 2.77. The van der Waals surface area contributed by atoms with Crippen LogP contribution in [0.3, 0.4) is 0 Å². The molecule has 108 valence electrons. The van der Waals surface area contributed by atoms with Crippen LogP contribution in [0.4, 0.5) is 0 Å². The fraction of sp³-hybridized carbons (Fsp3) is 0.438. The molecule has 0 bridgehead atoms. The molecule has 0 saturated heterocycles. The minimum Gasteiger partial charge on any atom is -0.492 e. The minimum absolute atomic E-state index is 0.632. The molecule has 2 rings (SSSR count). The second kappa shape index (κ2) is 7.70. The Morgan fingerprint density at radius 1 is 1.30 bits per heavy atom. The first-order valence-corrected chi connectivity index (χ1v) is 7.20. The molecule has 1 N–H and O–H groups in total. The van der Waals surface area contributed by atoms with E-state index in [1.165, 1.54) is 5.56 Å². The third-order valence-electron chi connectivity index (χ3n) is 3.02. The molecular weight excluding hydrogens is 250 g/mol. The van der Waals surface area contributed by atoms with E-state index in [2.05, 4.69) is 29.5 Å². The summed E-state index contributed by atoms with van der Waals surface area (Å²) in [7, 11) is 0. The molecule has 4 nitrogen and oxygen atoms in total. The van der Waals surface area contributed by atoms with Gasteiger partial charge in [0.25, 0.3) is 0 Å². The van der Waals surface area contributed by atoms with Crippen LogP contribution in [-0.2, 0) is 13.1 Å². The molecule has 2 aromatic rings. The Hall–Kier alpha value is -1.81. The van der Waals surface area contributed by atoms with Gasteiger partial charge in [-0.3, -0.25) is 4.68 Å². The van der Waals surface area contributed by atoms with E-state index in [1.807, 2.05) is 36.0 Å². The van der Waals surface area contributed by atoms with Gasteiger partial charge < -0.3 is 10.1 Å². The number of hydrogen-bond acceptors (Lipinski definition) is 3. The van der Waals surface area contributed by atoms with Crippen LogP contribution in [-0.4, -0.2) is 22.9 Å². The number of aryl methyl sites for hydroxylation is 1. The quantitative estimate of drug-likeness (QED) is 0.752. The second-order valence-corrected chi connectivity index (χ2v) is 4.89. The van der Waals surface area contributed by atoms with Gasteiger partial charge in [0.1, 0.15) is 12.4 Å². The van der Waals surface area contributed by atoms with Crippen LogP contribution >= 0.6 is 0 Å². The molecular formula is C16H23N3O. The van der Waals surface area contributed by atoms with Gasteiger partial charge in [-0.1, -0.05) is 19.1 Å². The Morgan fingerprint density at radius 2 is 2.20 bits per heavy atom. The van der Waals surface area contributed by atoms with Crippen molar-refractivity contribution in [1.82, 2.24) is 15.1 Å². The Labute approximate surface area is 120 Å². The average Bonchev–Trinajstić information content (AvgIpc) is 2.85. The van der Waals surface area contributed by atoms with Gasteiger partial charge in [-0.2, -0.15) is 5.10 Å². The first kappa shape index (κ1) is 14.6. The Bertz CT molecular complexity index is 522. The summed E-state index contributed by atoms with van der Waals surface area (Å²) < 4.78 is 7.68. The summed E-state index contributed by atoms with van der Waals surface area (Å²) in [5, 5.41) is 7.73. The molecule has 1 aromatic carbocycles. The lowest BCUT2D eigenvalue weighted by atomic mass is 10.2. The molecule has 0 spiro atoms. The minimum atomic E-state index is 0.632. The maximum absolute atomic E-state index is 5.78. The standard InChI is InChI=1S/C16H23N3O/c1-3-8-17-13-15-5-4-6-16(12-15)20-11-10-19-9-7-14(2)18-19/h4-7,9,12,17H,3,8,10-11,13H2,1-2H3. The van der Waals surface area contributed by atoms with Crippen molar-refractivity contribution in [3.8, 4) is 5.75 Å². The van der Waals surface area contributed by atoms with E-state index in [0.717, 1.165) is 37.5 Å². The number of hydrogen-bond donors (Lipinski definition) is 1. The van der Waals surface area contributed by atoms with Gasteiger partial charge in [-0.05, 0) is 43.7 Å². The van der Waals surface area contributed by atoms with Crippen molar-refractivity contribution in [2.24, 2.45) is 0 Å². The summed E-state index contributed by atoms with van der Waals surface area (Å²) in [6.45, 7) is 7.50. The Balaban J connectivity index is 1.78. The molecule has 1 heterocycles. The zero-order valence-corrected chi connectivity index (χ0v) is 12.3. The highest BCUT2D eigenvalue weighted by molar-refractivity contribution is 5.28. The summed E-state index contributed by atoms with van der Waals surface area (Å²) in [5.74, 6) is 0.921. The molecule has 0 aliphatic rings. The summed E-state index contributed by atoms with van der Waals surface area (Å²) in [5.41, 5.74) is 2.29. The monoisotopic (exact) mass is 273 g/mol. The number of benzene rings is 1. The SMILES string of the molecule is CCCNCc1cccc(OCCn2ccc(C)n2)c1. The maximum Gasteiger partial charge on any atom is 0.119 e. The number of aromatic nitrogens is 2. The van der Waals surface area contributed by atoms with Crippen LogP contribution in [0.25, 0.3) is 0 Å². The number of rotatable bonds is 8. The van der Waals surface area contributed by atoms with Gasteiger partial charge in [-0.15, -0.1) is 0 Å². The summed E-state index contributed by atoms with van der Waals surface area (Å²) in [6.07, 6.45) is 3.13. The summed E-state index contributed by atoms with van der Waals surface area (Å²) >= 11 is 0. The largest absolute Gasteiger partial charge is 0.492 e. The predicted molar refractivity (Wildman–Crippen MR) is 80.9 cm³/mol. The fourth-order valence-corrected chi connectivity index (χ4v) is 2.00. The lowest BCUT2D eigenvalue weighted by molar-refractivity contribution is 0.291. The molecule has 0 saturated carbocycles. The van der Waals surface area contributed by atoms with Crippen LogP contribution in [0.5, 0.6) is 5.75 Å². The topological polar surface area (TPSA) is 39.1 Å². The van der Waals surface area contributed by atoms with Gasteiger partial charge in [-0.25, -0.2) is 0 Å². The molecule has 1 aromatic heterocycles. The Kier molecular flexibility index (Phi) is 5.62. The first-order valence-electron chi connectivity index (χ1n) is 7.20. The Morgan fingerprint density at radius 3 is 2.95 bits per heavy atom. The van der Waals surface area contributed by atoms with Crippen molar-refractivity contribution in [3.63, 3.8) is 0 Å². The van der Waals surface area contributed by atoms with E-state index in [9.17, 15) is 0 Å². The van der Waals surface area contributed by atoms with Crippen molar-refractivity contribution >= 4 is 0 Å². The van der Waals surface area contributed by atoms with Crippen LogP contribution in [0, 0.1) is 6.92 Å². The van der Waals surface area contributed by atoms with Gasteiger partial charge in [0.15, 0.2) is 0 Å².